The first kappa shape index (κ1) is 17.6. The number of carbonyl (C=O) groups excluding carboxylic acids is 1. The minimum Gasteiger partial charge on any atom is -0.336 e. The summed E-state index contributed by atoms with van der Waals surface area (Å²) in [7, 11) is -3.42. The molecule has 1 aliphatic heterocycles. The first-order valence-electron chi connectivity index (χ1n) is 8.35. The number of hydrogen-bond acceptors (Lipinski definition) is 4. The summed E-state index contributed by atoms with van der Waals surface area (Å²) in [6.07, 6.45) is 0. The number of amides is 1. The van der Waals surface area contributed by atoms with Gasteiger partial charge in [0.1, 0.15) is 0 Å². The van der Waals surface area contributed by atoms with Crippen LogP contribution >= 0.6 is 0 Å². The summed E-state index contributed by atoms with van der Waals surface area (Å²) < 4.78 is 25.0. The van der Waals surface area contributed by atoms with Crippen LogP contribution in [0.1, 0.15) is 22.8 Å². The fraction of sp³-hybridized carbons (Fsp3) is 0.316. The Balaban J connectivity index is 1.74. The molecule has 2 aromatic carbocycles. The Hall–Kier alpha value is -2.18. The summed E-state index contributed by atoms with van der Waals surface area (Å²) in [6.45, 7) is 4.14. The van der Waals surface area contributed by atoms with Crippen molar-refractivity contribution in [2.24, 2.45) is 0 Å². The van der Waals surface area contributed by atoms with Gasteiger partial charge < -0.3 is 10.2 Å². The smallest absolute Gasteiger partial charge is 0.253 e. The molecule has 6 heteroatoms. The Morgan fingerprint density at radius 2 is 1.80 bits per heavy atom. The van der Waals surface area contributed by atoms with Gasteiger partial charge in [0.25, 0.3) is 5.91 Å². The first-order chi connectivity index (χ1) is 12.0. The third-order valence-electron chi connectivity index (χ3n) is 4.32. The molecule has 132 valence electrons. The van der Waals surface area contributed by atoms with Crippen LogP contribution in [0.2, 0.25) is 0 Å². The van der Waals surface area contributed by atoms with Crippen molar-refractivity contribution in [3.8, 4) is 0 Å². The molecule has 0 radical (unpaired) electrons. The minimum absolute atomic E-state index is 0.0452. The minimum atomic E-state index is -3.42. The highest BCUT2D eigenvalue weighted by Crippen LogP contribution is 2.18. The van der Waals surface area contributed by atoms with Crippen LogP contribution in [-0.2, 0) is 15.6 Å². The second kappa shape index (κ2) is 7.37. The molecule has 1 heterocycles. The molecule has 1 amide bonds. The van der Waals surface area contributed by atoms with Crippen molar-refractivity contribution < 1.29 is 13.2 Å². The molecule has 1 atom stereocenters. The Labute approximate surface area is 148 Å². The van der Waals surface area contributed by atoms with Gasteiger partial charge in [-0.2, -0.15) is 0 Å². The number of carbonyl (C=O) groups is 1. The van der Waals surface area contributed by atoms with Gasteiger partial charge in [-0.25, -0.2) is 8.42 Å². The lowest BCUT2D eigenvalue weighted by molar-refractivity contribution is 0.0709. The lowest BCUT2D eigenvalue weighted by Crippen LogP contribution is -2.51. The summed E-state index contributed by atoms with van der Waals surface area (Å²) in [5.41, 5.74) is 1.27. The van der Waals surface area contributed by atoms with Gasteiger partial charge in [0.15, 0.2) is 9.84 Å². The molecule has 1 unspecified atom stereocenters. The molecule has 1 fully saturated rings. The number of benzene rings is 2. The van der Waals surface area contributed by atoms with E-state index >= 15 is 0 Å². The normalized spacial score (nSPS) is 18.1. The molecule has 0 spiro atoms. The molecule has 0 saturated carbocycles. The number of sulfone groups is 1. The van der Waals surface area contributed by atoms with Crippen LogP contribution in [0.15, 0.2) is 59.5 Å². The van der Waals surface area contributed by atoms with Gasteiger partial charge in [-0.1, -0.05) is 30.3 Å². The highest BCUT2D eigenvalue weighted by Gasteiger charge is 2.22. The highest BCUT2D eigenvalue weighted by molar-refractivity contribution is 7.90. The SMILES string of the molecule is CC1CN(C(=O)c2ccc(S(=O)(=O)Cc3ccccc3)cc2)CCN1. The van der Waals surface area contributed by atoms with E-state index in [4.69, 9.17) is 0 Å². The van der Waals surface area contributed by atoms with E-state index in [1.807, 2.05) is 25.1 Å². The molecule has 1 saturated heterocycles. The average Bonchev–Trinajstić information content (AvgIpc) is 2.62. The van der Waals surface area contributed by atoms with Crippen LogP contribution in [-0.4, -0.2) is 44.9 Å². The Kier molecular flexibility index (Phi) is 5.20. The lowest BCUT2D eigenvalue weighted by Gasteiger charge is -2.32. The zero-order valence-corrected chi connectivity index (χ0v) is 15.0. The Bertz CT molecular complexity index is 833. The van der Waals surface area contributed by atoms with E-state index in [1.165, 1.54) is 12.1 Å². The van der Waals surface area contributed by atoms with Crippen molar-refractivity contribution in [1.82, 2.24) is 10.2 Å². The fourth-order valence-electron chi connectivity index (χ4n) is 2.98. The molecule has 0 bridgehead atoms. The van der Waals surface area contributed by atoms with Crippen molar-refractivity contribution >= 4 is 15.7 Å². The van der Waals surface area contributed by atoms with Crippen molar-refractivity contribution in [2.75, 3.05) is 19.6 Å². The van der Waals surface area contributed by atoms with E-state index in [0.29, 0.717) is 18.7 Å². The van der Waals surface area contributed by atoms with Crippen LogP contribution in [0.5, 0.6) is 0 Å². The molecule has 0 aliphatic carbocycles. The molecule has 5 nitrogen and oxygen atoms in total. The molecule has 25 heavy (non-hydrogen) atoms. The summed E-state index contributed by atoms with van der Waals surface area (Å²) in [4.78, 5) is 14.6. The maximum absolute atomic E-state index is 12.5. The van der Waals surface area contributed by atoms with E-state index in [-0.39, 0.29) is 22.6 Å². The zero-order valence-electron chi connectivity index (χ0n) is 14.2. The molecule has 2 aromatic rings. The molecule has 3 rings (SSSR count). The number of nitrogens with one attached hydrogen (secondary N) is 1. The second-order valence-corrected chi connectivity index (χ2v) is 8.36. The Morgan fingerprint density at radius 1 is 1.12 bits per heavy atom. The lowest BCUT2D eigenvalue weighted by atomic mass is 10.1. The largest absolute Gasteiger partial charge is 0.336 e. The summed E-state index contributed by atoms with van der Waals surface area (Å²) in [5.74, 6) is -0.100. The van der Waals surface area contributed by atoms with Gasteiger partial charge in [-0.15, -0.1) is 0 Å². The molecular formula is C19H22N2O3S. The van der Waals surface area contributed by atoms with Gasteiger partial charge in [0.2, 0.25) is 0 Å². The first-order valence-corrected chi connectivity index (χ1v) is 10.0. The predicted octanol–water partition coefficient (Wildman–Crippen LogP) is 2.09. The van der Waals surface area contributed by atoms with Gasteiger partial charge in [0.05, 0.1) is 10.6 Å². The number of piperazine rings is 1. The molecule has 0 aromatic heterocycles. The third kappa shape index (κ3) is 4.27. The van der Waals surface area contributed by atoms with E-state index < -0.39 is 9.84 Å². The van der Waals surface area contributed by atoms with E-state index in [0.717, 1.165) is 12.1 Å². The van der Waals surface area contributed by atoms with Gasteiger partial charge in [0, 0.05) is 31.2 Å². The van der Waals surface area contributed by atoms with Crippen molar-refractivity contribution in [1.29, 1.82) is 0 Å². The summed E-state index contributed by atoms with van der Waals surface area (Å²) in [5, 5.41) is 3.30. The predicted molar refractivity (Wildman–Crippen MR) is 97.1 cm³/mol. The van der Waals surface area contributed by atoms with Crippen LogP contribution in [0.25, 0.3) is 0 Å². The fourth-order valence-corrected chi connectivity index (χ4v) is 4.33. The van der Waals surface area contributed by atoms with Gasteiger partial charge in [-0.05, 0) is 36.8 Å². The average molecular weight is 358 g/mol. The van der Waals surface area contributed by atoms with Gasteiger partial charge in [-0.3, -0.25) is 4.79 Å². The number of hydrogen-bond donors (Lipinski definition) is 1. The topological polar surface area (TPSA) is 66.5 Å². The van der Waals surface area contributed by atoms with Crippen LogP contribution in [0.3, 0.4) is 0 Å². The van der Waals surface area contributed by atoms with Crippen molar-refractivity contribution in [3.63, 3.8) is 0 Å². The van der Waals surface area contributed by atoms with Gasteiger partial charge >= 0.3 is 0 Å². The Morgan fingerprint density at radius 3 is 2.44 bits per heavy atom. The summed E-state index contributed by atoms with van der Waals surface area (Å²) in [6, 6.07) is 15.6. The second-order valence-electron chi connectivity index (χ2n) is 6.38. The van der Waals surface area contributed by atoms with E-state index in [9.17, 15) is 13.2 Å². The molecule has 1 N–H and O–H groups in total. The van der Waals surface area contributed by atoms with Crippen LogP contribution in [0.4, 0.5) is 0 Å². The summed E-state index contributed by atoms with van der Waals surface area (Å²) >= 11 is 0. The zero-order chi connectivity index (χ0) is 17.9. The monoisotopic (exact) mass is 358 g/mol. The maximum atomic E-state index is 12.5. The van der Waals surface area contributed by atoms with Crippen LogP contribution in [0, 0.1) is 0 Å². The van der Waals surface area contributed by atoms with Crippen molar-refractivity contribution in [3.05, 3.63) is 65.7 Å². The number of nitrogens with zero attached hydrogens (tertiary/aromatic N) is 1. The highest BCUT2D eigenvalue weighted by atomic mass is 32.2. The van der Waals surface area contributed by atoms with E-state index in [1.54, 1.807) is 29.2 Å². The maximum Gasteiger partial charge on any atom is 0.253 e. The molecule has 1 aliphatic rings. The quantitative estimate of drug-likeness (QED) is 0.909. The van der Waals surface area contributed by atoms with Crippen molar-refractivity contribution in [2.45, 2.75) is 23.6 Å². The standard InChI is InChI=1S/C19H22N2O3S/c1-15-13-21(12-11-20-15)19(22)17-7-9-18(10-8-17)25(23,24)14-16-5-3-2-4-6-16/h2-10,15,20H,11-14H2,1H3. The van der Waals surface area contributed by atoms with E-state index in [2.05, 4.69) is 5.32 Å². The van der Waals surface area contributed by atoms with Crippen LogP contribution < -0.4 is 5.32 Å². The number of rotatable bonds is 4. The third-order valence-corrected chi connectivity index (χ3v) is 6.02. The molecular weight excluding hydrogens is 336 g/mol.